The van der Waals surface area contributed by atoms with Gasteiger partial charge in [0.2, 0.25) is 0 Å². The van der Waals surface area contributed by atoms with E-state index in [1.54, 1.807) is 24.3 Å². The number of benzene rings is 2. The third-order valence-corrected chi connectivity index (χ3v) is 4.38. The van der Waals surface area contributed by atoms with Gasteiger partial charge in [-0.3, -0.25) is 4.79 Å². The van der Waals surface area contributed by atoms with E-state index in [1.165, 1.54) is 25.3 Å². The van der Waals surface area contributed by atoms with Gasteiger partial charge >= 0.3 is 6.61 Å². The average molecular weight is 389 g/mol. The first-order chi connectivity index (χ1) is 13.6. The van der Waals surface area contributed by atoms with Crippen LogP contribution in [-0.4, -0.2) is 45.8 Å². The molecule has 7 heteroatoms. The number of carbonyl (C=O) groups is 1. The van der Waals surface area contributed by atoms with Gasteiger partial charge in [-0.25, -0.2) is 0 Å². The number of rotatable bonds is 7. The number of carbonyl (C=O) groups excluding carboxylic acids is 1. The zero-order valence-electron chi connectivity index (χ0n) is 15.4. The van der Waals surface area contributed by atoms with Gasteiger partial charge in [0, 0.05) is 29.9 Å². The molecule has 0 atom stereocenters. The summed E-state index contributed by atoms with van der Waals surface area (Å²) < 4.78 is 40.3. The van der Waals surface area contributed by atoms with Crippen LogP contribution in [0.4, 0.5) is 14.5 Å². The first-order valence-electron chi connectivity index (χ1n) is 8.85. The second-order valence-electron chi connectivity index (χ2n) is 6.10. The summed E-state index contributed by atoms with van der Waals surface area (Å²) in [5, 5.41) is 0. The summed E-state index contributed by atoms with van der Waals surface area (Å²) in [5.41, 5.74) is 1.87. The molecular weight excluding hydrogens is 368 g/mol. The summed E-state index contributed by atoms with van der Waals surface area (Å²) in [6.07, 6.45) is 2.77. The Labute approximate surface area is 162 Å². The molecule has 0 amide bonds. The molecule has 1 saturated heterocycles. The number of nitrogens with zero attached hydrogens (tertiary/aromatic N) is 1. The number of morpholine rings is 1. The minimum absolute atomic E-state index is 0.105. The van der Waals surface area contributed by atoms with Crippen molar-refractivity contribution in [2.24, 2.45) is 0 Å². The maximum absolute atomic E-state index is 12.7. The Bertz CT molecular complexity index is 831. The number of hydrogen-bond donors (Lipinski definition) is 0. The van der Waals surface area contributed by atoms with Crippen molar-refractivity contribution < 1.29 is 27.8 Å². The molecule has 3 rings (SSSR count). The van der Waals surface area contributed by atoms with E-state index in [0.29, 0.717) is 24.3 Å². The SMILES string of the molecule is COc1cccc(C=CC(=O)c2ccc(N3CCOCC3)cc2)c1OC(F)F. The molecule has 1 aliphatic heterocycles. The molecule has 0 saturated carbocycles. The highest BCUT2D eigenvalue weighted by atomic mass is 19.3. The number of methoxy groups -OCH3 is 1. The van der Waals surface area contributed by atoms with Crippen LogP contribution in [0.15, 0.2) is 48.5 Å². The van der Waals surface area contributed by atoms with Crippen molar-refractivity contribution in [3.63, 3.8) is 0 Å². The van der Waals surface area contributed by atoms with E-state index in [1.807, 2.05) is 12.1 Å². The highest BCUT2D eigenvalue weighted by molar-refractivity contribution is 6.07. The van der Waals surface area contributed by atoms with Crippen molar-refractivity contribution in [3.05, 3.63) is 59.7 Å². The number of ether oxygens (including phenoxy) is 3. The standard InChI is InChI=1S/C21H21F2NO4/c1-26-19-4-2-3-16(20(19)28-21(22)23)7-10-18(25)15-5-8-17(9-6-15)24-11-13-27-14-12-24/h2-10,21H,11-14H2,1H3. The van der Waals surface area contributed by atoms with Gasteiger partial charge in [-0.2, -0.15) is 8.78 Å². The number of allylic oxidation sites excluding steroid dienone is 1. The molecule has 2 aromatic rings. The molecule has 0 N–H and O–H groups in total. The van der Waals surface area contributed by atoms with Crippen molar-refractivity contribution in [1.82, 2.24) is 0 Å². The third kappa shape index (κ3) is 4.86. The monoisotopic (exact) mass is 389 g/mol. The highest BCUT2D eigenvalue weighted by Gasteiger charge is 2.15. The molecule has 0 unspecified atom stereocenters. The summed E-state index contributed by atoms with van der Waals surface area (Å²) in [7, 11) is 1.36. The fraction of sp³-hybridized carbons (Fsp3) is 0.286. The number of hydrogen-bond acceptors (Lipinski definition) is 5. The Kier molecular flexibility index (Phi) is 6.60. The van der Waals surface area contributed by atoms with Crippen molar-refractivity contribution in [2.75, 3.05) is 38.3 Å². The van der Waals surface area contributed by atoms with Crippen molar-refractivity contribution in [3.8, 4) is 11.5 Å². The van der Waals surface area contributed by atoms with Crippen molar-refractivity contribution in [2.45, 2.75) is 6.61 Å². The molecule has 0 aromatic heterocycles. The predicted octanol–water partition coefficient (Wildman–Crippen LogP) is 4.03. The Morgan fingerprint density at radius 2 is 1.86 bits per heavy atom. The fourth-order valence-corrected chi connectivity index (χ4v) is 2.96. The number of alkyl halides is 2. The summed E-state index contributed by atoms with van der Waals surface area (Å²) >= 11 is 0. The molecule has 28 heavy (non-hydrogen) atoms. The van der Waals surface area contributed by atoms with Crippen LogP contribution in [0.3, 0.4) is 0 Å². The molecule has 0 aliphatic carbocycles. The van der Waals surface area contributed by atoms with E-state index in [4.69, 9.17) is 9.47 Å². The lowest BCUT2D eigenvalue weighted by Gasteiger charge is -2.28. The fourth-order valence-electron chi connectivity index (χ4n) is 2.96. The first-order valence-corrected chi connectivity index (χ1v) is 8.85. The molecule has 5 nitrogen and oxygen atoms in total. The van der Waals surface area contributed by atoms with Gasteiger partial charge in [0.05, 0.1) is 20.3 Å². The zero-order chi connectivity index (χ0) is 19.9. The summed E-state index contributed by atoms with van der Waals surface area (Å²) in [6.45, 7) is 0.0122. The van der Waals surface area contributed by atoms with Gasteiger partial charge in [-0.15, -0.1) is 0 Å². The van der Waals surface area contributed by atoms with E-state index in [0.717, 1.165) is 18.8 Å². The zero-order valence-corrected chi connectivity index (χ0v) is 15.4. The molecule has 1 aliphatic rings. The Morgan fingerprint density at radius 3 is 2.50 bits per heavy atom. The van der Waals surface area contributed by atoms with Crippen LogP contribution in [0.5, 0.6) is 11.5 Å². The van der Waals surface area contributed by atoms with Gasteiger partial charge in [0.25, 0.3) is 0 Å². The largest absolute Gasteiger partial charge is 0.493 e. The van der Waals surface area contributed by atoms with E-state index in [9.17, 15) is 13.6 Å². The van der Waals surface area contributed by atoms with Crippen LogP contribution in [0.2, 0.25) is 0 Å². The van der Waals surface area contributed by atoms with Crippen LogP contribution < -0.4 is 14.4 Å². The summed E-state index contributed by atoms with van der Waals surface area (Å²) in [5.74, 6) is -0.171. The van der Waals surface area contributed by atoms with Crippen LogP contribution in [-0.2, 0) is 4.74 Å². The number of anilines is 1. The maximum Gasteiger partial charge on any atom is 0.387 e. The Morgan fingerprint density at radius 1 is 1.14 bits per heavy atom. The summed E-state index contributed by atoms with van der Waals surface area (Å²) in [4.78, 5) is 14.6. The maximum atomic E-state index is 12.7. The molecular formula is C21H21F2NO4. The number of ketones is 1. The Balaban J connectivity index is 1.74. The van der Waals surface area contributed by atoms with E-state index >= 15 is 0 Å². The van der Waals surface area contributed by atoms with Gasteiger partial charge < -0.3 is 19.1 Å². The van der Waals surface area contributed by atoms with Gasteiger partial charge in [0.1, 0.15) is 0 Å². The van der Waals surface area contributed by atoms with Crippen LogP contribution in [0.25, 0.3) is 6.08 Å². The normalized spacial score (nSPS) is 14.5. The molecule has 148 valence electrons. The lowest BCUT2D eigenvalue weighted by Crippen LogP contribution is -2.36. The van der Waals surface area contributed by atoms with Gasteiger partial charge in [-0.05, 0) is 42.5 Å². The van der Waals surface area contributed by atoms with Crippen LogP contribution in [0, 0.1) is 0 Å². The minimum Gasteiger partial charge on any atom is -0.493 e. The van der Waals surface area contributed by atoms with Gasteiger partial charge in [0.15, 0.2) is 17.3 Å². The quantitative estimate of drug-likeness (QED) is 0.529. The van der Waals surface area contributed by atoms with E-state index in [2.05, 4.69) is 9.64 Å². The van der Waals surface area contributed by atoms with E-state index in [-0.39, 0.29) is 17.3 Å². The minimum atomic E-state index is -2.99. The molecule has 0 spiro atoms. The smallest absolute Gasteiger partial charge is 0.387 e. The second-order valence-corrected chi connectivity index (χ2v) is 6.10. The molecule has 1 fully saturated rings. The summed E-state index contributed by atoms with van der Waals surface area (Å²) in [6, 6.07) is 12.0. The highest BCUT2D eigenvalue weighted by Crippen LogP contribution is 2.33. The molecule has 2 aromatic carbocycles. The van der Waals surface area contributed by atoms with Gasteiger partial charge in [-0.1, -0.05) is 12.1 Å². The van der Waals surface area contributed by atoms with E-state index < -0.39 is 6.61 Å². The molecule has 1 heterocycles. The molecule has 0 bridgehead atoms. The third-order valence-electron chi connectivity index (χ3n) is 4.38. The lowest BCUT2D eigenvalue weighted by atomic mass is 10.1. The molecule has 0 radical (unpaired) electrons. The number of para-hydroxylation sites is 1. The van der Waals surface area contributed by atoms with Crippen molar-refractivity contribution in [1.29, 1.82) is 0 Å². The predicted molar refractivity (Wildman–Crippen MR) is 102 cm³/mol. The average Bonchev–Trinajstić information content (AvgIpc) is 2.73. The topological polar surface area (TPSA) is 48.0 Å². The van der Waals surface area contributed by atoms with Crippen LogP contribution in [0.1, 0.15) is 15.9 Å². The lowest BCUT2D eigenvalue weighted by molar-refractivity contribution is -0.0513. The first kappa shape index (κ1) is 19.8. The van der Waals surface area contributed by atoms with Crippen molar-refractivity contribution >= 4 is 17.5 Å². The number of halogens is 2. The second kappa shape index (κ2) is 9.32. The van der Waals surface area contributed by atoms with Crippen LogP contribution >= 0.6 is 0 Å². The Hall–Kier alpha value is -2.93.